The van der Waals surface area contributed by atoms with Crippen LogP contribution in [-0.4, -0.2) is 40.6 Å². The van der Waals surface area contributed by atoms with Gasteiger partial charge in [0, 0.05) is 37.7 Å². The molecule has 0 spiro atoms. The van der Waals surface area contributed by atoms with Crippen LogP contribution in [0.2, 0.25) is 0 Å². The molecule has 1 N–H and O–H groups in total. The van der Waals surface area contributed by atoms with E-state index in [1.165, 1.54) is 21.8 Å². The van der Waals surface area contributed by atoms with Gasteiger partial charge in [0.15, 0.2) is 11.5 Å². The van der Waals surface area contributed by atoms with Crippen molar-refractivity contribution in [3.8, 4) is 0 Å². The maximum atomic E-state index is 12.4. The van der Waals surface area contributed by atoms with E-state index in [1.54, 1.807) is 55.3 Å². The van der Waals surface area contributed by atoms with E-state index in [1.807, 2.05) is 0 Å². The number of imidazole rings is 1. The fourth-order valence-electron chi connectivity index (χ4n) is 2.95. The van der Waals surface area contributed by atoms with E-state index in [4.69, 9.17) is 0 Å². The van der Waals surface area contributed by atoms with Crippen molar-refractivity contribution in [2.24, 2.45) is 14.1 Å². The summed E-state index contributed by atoms with van der Waals surface area (Å²) in [6.45, 7) is -0.190. The van der Waals surface area contributed by atoms with E-state index in [2.05, 4.69) is 20.4 Å². The minimum absolute atomic E-state index is 0.190. The molecule has 1 aromatic carbocycles. The average molecular weight is 391 g/mol. The normalized spacial score (nSPS) is 11.0. The second kappa shape index (κ2) is 7.15. The van der Waals surface area contributed by atoms with Crippen LogP contribution >= 0.6 is 0 Å². The molecule has 3 aromatic heterocycles. The molecule has 0 aliphatic rings. The number of nitrogens with zero attached hydrogens (tertiary/aromatic N) is 6. The number of aryl methyl sites for hydroxylation is 2. The van der Waals surface area contributed by atoms with Gasteiger partial charge in [-0.25, -0.2) is 9.97 Å². The molecule has 10 nitrogen and oxygen atoms in total. The molecule has 0 bridgehead atoms. The molecular weight excluding hydrogens is 374 g/mol. The summed E-state index contributed by atoms with van der Waals surface area (Å²) in [6.07, 6.45) is 6.00. The van der Waals surface area contributed by atoms with Crippen molar-refractivity contribution in [2.45, 2.75) is 6.54 Å². The van der Waals surface area contributed by atoms with Crippen molar-refractivity contribution < 1.29 is 9.59 Å². The molecule has 0 aliphatic heterocycles. The molecule has 0 radical (unpaired) electrons. The van der Waals surface area contributed by atoms with Gasteiger partial charge < -0.3 is 9.88 Å². The Balaban J connectivity index is 1.46. The molecule has 0 unspecified atom stereocenters. The monoisotopic (exact) mass is 391 g/mol. The first-order valence-corrected chi connectivity index (χ1v) is 8.73. The summed E-state index contributed by atoms with van der Waals surface area (Å²) in [7, 11) is 3.43. The van der Waals surface area contributed by atoms with Crippen LogP contribution in [0.1, 0.15) is 16.2 Å². The summed E-state index contributed by atoms with van der Waals surface area (Å²) in [5.41, 5.74) is 1.09. The first-order valence-electron chi connectivity index (χ1n) is 8.73. The summed E-state index contributed by atoms with van der Waals surface area (Å²) in [4.78, 5) is 45.4. The van der Waals surface area contributed by atoms with Crippen LogP contribution in [0.5, 0.6) is 0 Å². The summed E-state index contributed by atoms with van der Waals surface area (Å²) < 4.78 is 4.36. The Kier molecular flexibility index (Phi) is 4.51. The van der Waals surface area contributed by atoms with Gasteiger partial charge in [-0.2, -0.15) is 5.10 Å². The highest BCUT2D eigenvalue weighted by Gasteiger charge is 2.14. The number of aromatic nitrogens is 6. The Morgan fingerprint density at radius 3 is 2.55 bits per heavy atom. The zero-order valence-electron chi connectivity index (χ0n) is 15.7. The van der Waals surface area contributed by atoms with Crippen LogP contribution in [0.15, 0.2) is 54.0 Å². The number of carbonyl (C=O) groups excluding carboxylic acids is 2. The topological polar surface area (TPSA) is 117 Å². The lowest BCUT2D eigenvalue weighted by molar-refractivity contribution is -0.116. The Bertz CT molecular complexity index is 1280. The van der Waals surface area contributed by atoms with Crippen molar-refractivity contribution in [1.82, 2.24) is 28.9 Å². The van der Waals surface area contributed by atoms with E-state index < -0.39 is 0 Å². The average Bonchev–Trinajstić information content (AvgIpc) is 3.30. The molecule has 0 atom stereocenters. The zero-order chi connectivity index (χ0) is 20.5. The number of anilines is 1. The lowest BCUT2D eigenvalue weighted by Crippen LogP contribution is -2.27. The van der Waals surface area contributed by atoms with Gasteiger partial charge in [0.2, 0.25) is 11.7 Å². The molecule has 4 aromatic rings. The number of carbonyl (C=O) groups is 2. The minimum Gasteiger partial charge on any atom is -0.331 e. The van der Waals surface area contributed by atoms with Crippen molar-refractivity contribution in [3.63, 3.8) is 0 Å². The number of ketones is 1. The first kappa shape index (κ1) is 18.3. The van der Waals surface area contributed by atoms with E-state index in [-0.39, 0.29) is 23.8 Å². The molecule has 29 heavy (non-hydrogen) atoms. The third kappa shape index (κ3) is 3.43. The van der Waals surface area contributed by atoms with E-state index in [9.17, 15) is 14.4 Å². The van der Waals surface area contributed by atoms with Crippen molar-refractivity contribution in [2.75, 3.05) is 5.32 Å². The molecule has 4 rings (SSSR count). The summed E-state index contributed by atoms with van der Waals surface area (Å²) >= 11 is 0. The van der Waals surface area contributed by atoms with E-state index in [0.717, 1.165) is 0 Å². The minimum atomic E-state index is -0.389. The number of nitrogens with one attached hydrogen (secondary N) is 1. The number of hydrogen-bond donors (Lipinski definition) is 1. The molecule has 0 saturated carbocycles. The number of amides is 1. The zero-order valence-corrected chi connectivity index (χ0v) is 15.7. The Morgan fingerprint density at radius 2 is 1.86 bits per heavy atom. The molecule has 10 heteroatoms. The van der Waals surface area contributed by atoms with Gasteiger partial charge in [-0.05, 0) is 24.3 Å². The van der Waals surface area contributed by atoms with Crippen molar-refractivity contribution in [3.05, 3.63) is 70.9 Å². The molecule has 3 heterocycles. The first-order chi connectivity index (χ1) is 13.9. The third-order valence-electron chi connectivity index (χ3n) is 4.49. The highest BCUT2D eigenvalue weighted by Crippen LogP contribution is 2.13. The van der Waals surface area contributed by atoms with E-state index in [0.29, 0.717) is 28.1 Å². The second-order valence-corrected chi connectivity index (χ2v) is 6.50. The van der Waals surface area contributed by atoms with Gasteiger partial charge >= 0.3 is 0 Å². The largest absolute Gasteiger partial charge is 0.331 e. The fourth-order valence-corrected chi connectivity index (χ4v) is 2.95. The van der Waals surface area contributed by atoms with Gasteiger partial charge in [-0.1, -0.05) is 0 Å². The van der Waals surface area contributed by atoms with Crippen LogP contribution in [0, 0.1) is 0 Å². The Morgan fingerprint density at radius 1 is 1.10 bits per heavy atom. The molecule has 0 aliphatic carbocycles. The number of hydrogen-bond acceptors (Lipinski definition) is 6. The fraction of sp³-hybridized carbons (Fsp3) is 0.158. The molecule has 146 valence electrons. The van der Waals surface area contributed by atoms with E-state index >= 15 is 0 Å². The highest BCUT2D eigenvalue weighted by molar-refractivity contribution is 6.07. The van der Waals surface area contributed by atoms with Crippen LogP contribution in [0.3, 0.4) is 0 Å². The maximum Gasteiger partial charge on any atom is 0.264 e. The van der Waals surface area contributed by atoms with Crippen molar-refractivity contribution in [1.29, 1.82) is 0 Å². The number of rotatable bonds is 5. The summed E-state index contributed by atoms with van der Waals surface area (Å²) in [6, 6.07) is 6.48. The summed E-state index contributed by atoms with van der Waals surface area (Å²) in [5.74, 6) is -0.266. The molecule has 0 fully saturated rings. The molecule has 0 saturated heterocycles. The lowest BCUT2D eigenvalue weighted by Gasteiger charge is -2.08. The van der Waals surface area contributed by atoms with Crippen LogP contribution in [0.25, 0.3) is 11.0 Å². The Hall–Kier alpha value is -4.08. The second-order valence-electron chi connectivity index (χ2n) is 6.50. The van der Waals surface area contributed by atoms with Crippen LogP contribution < -0.4 is 10.9 Å². The number of benzene rings is 1. The maximum absolute atomic E-state index is 12.4. The quantitative estimate of drug-likeness (QED) is 0.502. The van der Waals surface area contributed by atoms with Gasteiger partial charge in [-0.15, -0.1) is 0 Å². The van der Waals surface area contributed by atoms with Gasteiger partial charge in [0.05, 0.1) is 6.20 Å². The number of fused-ring (bicyclic) bond motifs is 1. The van der Waals surface area contributed by atoms with Crippen LogP contribution in [-0.2, 0) is 25.4 Å². The van der Waals surface area contributed by atoms with Gasteiger partial charge in [-0.3, -0.25) is 23.6 Å². The predicted octanol–water partition coefficient (Wildman–Crippen LogP) is 0.733. The third-order valence-corrected chi connectivity index (χ3v) is 4.49. The summed E-state index contributed by atoms with van der Waals surface area (Å²) in [5, 5.41) is 7.05. The molecular formula is C19H17N7O3. The highest BCUT2D eigenvalue weighted by atomic mass is 16.2. The lowest BCUT2D eigenvalue weighted by atomic mass is 10.1. The van der Waals surface area contributed by atoms with Gasteiger partial charge in [0.1, 0.15) is 18.3 Å². The smallest absolute Gasteiger partial charge is 0.264 e. The van der Waals surface area contributed by atoms with Crippen molar-refractivity contribution >= 4 is 28.4 Å². The SMILES string of the molecule is Cn1ccnc1C(=O)c1ccc(NC(=O)Cn2cnc3c(cnn3C)c2=O)cc1. The van der Waals surface area contributed by atoms with Gasteiger partial charge in [0.25, 0.3) is 5.56 Å². The van der Waals surface area contributed by atoms with Crippen LogP contribution in [0.4, 0.5) is 5.69 Å². The Labute approximate surface area is 164 Å². The predicted molar refractivity (Wildman–Crippen MR) is 104 cm³/mol. The standard InChI is InChI=1S/C19H17N7O3/c1-24-8-7-20-18(24)16(28)12-3-5-13(6-4-12)23-15(27)10-26-11-21-17-14(19(26)29)9-22-25(17)2/h3-9,11H,10H2,1-2H3,(H,23,27). The molecule has 1 amide bonds.